The lowest BCUT2D eigenvalue weighted by atomic mass is 9.93. The van der Waals surface area contributed by atoms with Gasteiger partial charge in [0.05, 0.1) is 25.9 Å². The summed E-state index contributed by atoms with van der Waals surface area (Å²) in [7, 11) is 0. The van der Waals surface area contributed by atoms with Crippen LogP contribution in [0.15, 0.2) is 24.3 Å². The fraction of sp³-hybridized carbons (Fsp3) is 0.538. The van der Waals surface area contributed by atoms with Crippen LogP contribution in [0.2, 0.25) is 0 Å². The second-order valence-electron chi connectivity index (χ2n) is 4.38. The van der Waals surface area contributed by atoms with Gasteiger partial charge in [-0.1, -0.05) is 24.3 Å². The quantitative estimate of drug-likeness (QED) is 0.772. The molecule has 2 aliphatic heterocycles. The molecule has 16 heavy (non-hydrogen) atoms. The van der Waals surface area contributed by atoms with Crippen molar-refractivity contribution in [2.24, 2.45) is 0 Å². The molecule has 1 fully saturated rings. The molecule has 0 radical (unpaired) electrons. The van der Waals surface area contributed by atoms with Crippen molar-refractivity contribution in [2.75, 3.05) is 26.4 Å². The Balaban J connectivity index is 1.86. The summed E-state index contributed by atoms with van der Waals surface area (Å²) in [6.07, 6.45) is 1.19. The maximum atomic E-state index is 5.90. The van der Waals surface area contributed by atoms with Crippen molar-refractivity contribution in [2.45, 2.75) is 18.6 Å². The van der Waals surface area contributed by atoms with Crippen LogP contribution in [0.4, 0.5) is 0 Å². The van der Waals surface area contributed by atoms with E-state index in [1.807, 2.05) is 0 Å². The average Bonchev–Trinajstić information content (AvgIpc) is 2.39. The van der Waals surface area contributed by atoms with E-state index < -0.39 is 0 Å². The highest BCUT2D eigenvalue weighted by Gasteiger charge is 2.29. The minimum atomic E-state index is 0.158. The molecule has 3 rings (SSSR count). The summed E-state index contributed by atoms with van der Waals surface area (Å²) < 4.78 is 11.4. The van der Waals surface area contributed by atoms with Gasteiger partial charge in [0, 0.05) is 6.54 Å². The van der Waals surface area contributed by atoms with E-state index in [9.17, 15) is 0 Å². The third-order valence-corrected chi connectivity index (χ3v) is 3.35. The van der Waals surface area contributed by atoms with Gasteiger partial charge in [-0.3, -0.25) is 0 Å². The van der Waals surface area contributed by atoms with Crippen LogP contribution in [0.1, 0.15) is 17.2 Å². The molecular formula is C13H17NO2. The van der Waals surface area contributed by atoms with Gasteiger partial charge in [-0.15, -0.1) is 0 Å². The Morgan fingerprint density at radius 3 is 3.00 bits per heavy atom. The highest BCUT2D eigenvalue weighted by atomic mass is 16.5. The van der Waals surface area contributed by atoms with Crippen LogP contribution in [-0.4, -0.2) is 32.4 Å². The van der Waals surface area contributed by atoms with Crippen LogP contribution < -0.4 is 5.32 Å². The van der Waals surface area contributed by atoms with Gasteiger partial charge in [-0.05, 0) is 17.5 Å². The maximum Gasteiger partial charge on any atom is 0.100 e. The lowest BCUT2D eigenvalue weighted by Crippen LogP contribution is -2.46. The summed E-state index contributed by atoms with van der Waals surface area (Å²) in [5, 5.41) is 3.48. The average molecular weight is 219 g/mol. The molecule has 1 aromatic rings. The summed E-state index contributed by atoms with van der Waals surface area (Å²) in [5.41, 5.74) is 2.75. The molecule has 2 aliphatic rings. The van der Waals surface area contributed by atoms with Crippen LogP contribution in [0, 0.1) is 0 Å². The molecule has 1 unspecified atom stereocenters. The predicted molar refractivity (Wildman–Crippen MR) is 61.4 cm³/mol. The van der Waals surface area contributed by atoms with Crippen LogP contribution in [0.3, 0.4) is 0 Å². The lowest BCUT2D eigenvalue weighted by Gasteiger charge is -2.35. The van der Waals surface area contributed by atoms with Crippen LogP contribution in [0.5, 0.6) is 0 Å². The van der Waals surface area contributed by atoms with E-state index >= 15 is 0 Å². The van der Waals surface area contributed by atoms with E-state index in [1.165, 1.54) is 11.1 Å². The standard InChI is InChI=1S/C13H17NO2/c1-2-4-11-10(3-1)5-7-16-13(11)12-9-15-8-6-14-12/h1-4,12-14H,5-9H2/t12?,13-/m0/s1. The van der Waals surface area contributed by atoms with Gasteiger partial charge in [0.25, 0.3) is 0 Å². The Hall–Kier alpha value is -0.900. The van der Waals surface area contributed by atoms with E-state index in [4.69, 9.17) is 9.47 Å². The molecular weight excluding hydrogens is 202 g/mol. The molecule has 1 aromatic carbocycles. The molecule has 0 bridgehead atoms. The van der Waals surface area contributed by atoms with E-state index in [-0.39, 0.29) is 6.10 Å². The number of rotatable bonds is 1. The summed E-state index contributed by atoms with van der Waals surface area (Å²) in [5.74, 6) is 0. The first kappa shape index (κ1) is 10.3. The Labute approximate surface area is 95.8 Å². The van der Waals surface area contributed by atoms with E-state index in [0.29, 0.717) is 6.04 Å². The third kappa shape index (κ3) is 1.86. The summed E-state index contributed by atoms with van der Waals surface area (Å²) >= 11 is 0. The maximum absolute atomic E-state index is 5.90. The van der Waals surface area contributed by atoms with Gasteiger partial charge in [0.2, 0.25) is 0 Å². The van der Waals surface area contributed by atoms with Crippen LogP contribution >= 0.6 is 0 Å². The Morgan fingerprint density at radius 2 is 2.12 bits per heavy atom. The molecule has 3 heteroatoms. The minimum Gasteiger partial charge on any atom is -0.378 e. The molecule has 1 N–H and O–H groups in total. The SMILES string of the molecule is c1ccc2c(c1)CCO[C@@H]2C1COCCN1. The van der Waals surface area contributed by atoms with Crippen molar-refractivity contribution < 1.29 is 9.47 Å². The molecule has 0 spiro atoms. The number of nitrogens with one attached hydrogen (secondary N) is 1. The van der Waals surface area contributed by atoms with E-state index in [2.05, 4.69) is 29.6 Å². The van der Waals surface area contributed by atoms with Crippen molar-refractivity contribution in [3.05, 3.63) is 35.4 Å². The van der Waals surface area contributed by atoms with Gasteiger partial charge in [0.1, 0.15) is 6.10 Å². The van der Waals surface area contributed by atoms with E-state index in [1.54, 1.807) is 0 Å². The second-order valence-corrected chi connectivity index (χ2v) is 4.38. The van der Waals surface area contributed by atoms with E-state index in [0.717, 1.165) is 32.8 Å². The van der Waals surface area contributed by atoms with Crippen molar-refractivity contribution in [3.63, 3.8) is 0 Å². The fourth-order valence-electron chi connectivity index (χ4n) is 2.54. The predicted octanol–water partition coefficient (Wildman–Crippen LogP) is 1.29. The number of morpholine rings is 1. The number of hydrogen-bond donors (Lipinski definition) is 1. The van der Waals surface area contributed by atoms with Crippen molar-refractivity contribution in [1.82, 2.24) is 5.32 Å². The molecule has 2 atom stereocenters. The van der Waals surface area contributed by atoms with Gasteiger partial charge < -0.3 is 14.8 Å². The Bertz CT molecular complexity index is 361. The summed E-state index contributed by atoms with van der Waals surface area (Å²) in [6.45, 7) is 3.30. The van der Waals surface area contributed by atoms with Gasteiger partial charge in [-0.25, -0.2) is 0 Å². The van der Waals surface area contributed by atoms with Gasteiger partial charge in [0.15, 0.2) is 0 Å². The van der Waals surface area contributed by atoms with Gasteiger partial charge >= 0.3 is 0 Å². The summed E-state index contributed by atoms with van der Waals surface area (Å²) in [4.78, 5) is 0. The lowest BCUT2D eigenvalue weighted by molar-refractivity contribution is -0.0310. The fourth-order valence-corrected chi connectivity index (χ4v) is 2.54. The number of hydrogen-bond acceptors (Lipinski definition) is 3. The monoisotopic (exact) mass is 219 g/mol. The van der Waals surface area contributed by atoms with Crippen LogP contribution in [0.25, 0.3) is 0 Å². The zero-order chi connectivity index (χ0) is 10.8. The van der Waals surface area contributed by atoms with Crippen molar-refractivity contribution in [1.29, 1.82) is 0 Å². The molecule has 0 saturated carbocycles. The van der Waals surface area contributed by atoms with Gasteiger partial charge in [-0.2, -0.15) is 0 Å². The summed E-state index contributed by atoms with van der Waals surface area (Å²) in [6, 6.07) is 8.87. The molecule has 86 valence electrons. The molecule has 2 heterocycles. The minimum absolute atomic E-state index is 0.158. The molecule has 1 saturated heterocycles. The molecule has 0 aromatic heterocycles. The molecule has 3 nitrogen and oxygen atoms in total. The largest absolute Gasteiger partial charge is 0.378 e. The second kappa shape index (κ2) is 4.53. The number of fused-ring (bicyclic) bond motifs is 1. The third-order valence-electron chi connectivity index (χ3n) is 3.35. The zero-order valence-corrected chi connectivity index (χ0v) is 9.32. The molecule has 0 amide bonds. The Kier molecular flexibility index (Phi) is 2.91. The number of benzene rings is 1. The zero-order valence-electron chi connectivity index (χ0n) is 9.32. The Morgan fingerprint density at radius 1 is 1.19 bits per heavy atom. The van der Waals surface area contributed by atoms with Crippen LogP contribution in [-0.2, 0) is 15.9 Å². The first-order valence-corrected chi connectivity index (χ1v) is 5.96. The van der Waals surface area contributed by atoms with Crippen molar-refractivity contribution >= 4 is 0 Å². The number of ether oxygens (including phenoxy) is 2. The normalized spacial score (nSPS) is 29.8. The first-order valence-electron chi connectivity index (χ1n) is 5.96. The smallest absolute Gasteiger partial charge is 0.100 e. The topological polar surface area (TPSA) is 30.5 Å². The van der Waals surface area contributed by atoms with Crippen molar-refractivity contribution in [3.8, 4) is 0 Å². The first-order chi connectivity index (χ1) is 7.95. The molecule has 0 aliphatic carbocycles. The highest BCUT2D eigenvalue weighted by Crippen LogP contribution is 2.30. The highest BCUT2D eigenvalue weighted by molar-refractivity contribution is 5.32.